The first-order valence-electron chi connectivity index (χ1n) is 2.83. The molecular formula is C6H10NO+. The molecule has 1 heterocycles. The molecule has 0 aromatic rings. The molecule has 1 saturated heterocycles. The first-order chi connectivity index (χ1) is 3.79. The van der Waals surface area contributed by atoms with Gasteiger partial charge < -0.3 is 0 Å². The number of nitrogens with zero attached hydrogens (tertiary/aromatic N) is 1. The van der Waals surface area contributed by atoms with Crippen molar-refractivity contribution in [3.63, 3.8) is 0 Å². The van der Waals surface area contributed by atoms with Crippen molar-refractivity contribution < 1.29 is 4.79 Å². The summed E-state index contributed by atoms with van der Waals surface area (Å²) in [5.74, 6) is 0.295. The number of hydrogen-bond acceptors (Lipinski definition) is 2. The van der Waals surface area contributed by atoms with Gasteiger partial charge in [-0.1, -0.05) is 0 Å². The molecule has 0 amide bonds. The lowest BCUT2D eigenvalue weighted by Crippen LogP contribution is -2.30. The molecule has 0 N–H and O–H groups in total. The van der Waals surface area contributed by atoms with Crippen molar-refractivity contribution in [1.29, 1.82) is 0 Å². The molecule has 1 fully saturated rings. The maximum Gasteiger partial charge on any atom is 0.308 e. The lowest BCUT2D eigenvalue weighted by molar-refractivity contribution is -0.117. The molecule has 2 nitrogen and oxygen atoms in total. The van der Waals surface area contributed by atoms with Gasteiger partial charge in [0.15, 0.2) is 6.42 Å². The average molecular weight is 112 g/mol. The quantitative estimate of drug-likeness (QED) is 0.414. The van der Waals surface area contributed by atoms with Crippen LogP contribution in [0.4, 0.5) is 0 Å². The summed E-state index contributed by atoms with van der Waals surface area (Å²) >= 11 is 0. The van der Waals surface area contributed by atoms with E-state index in [1.165, 1.54) is 0 Å². The predicted molar refractivity (Wildman–Crippen MR) is 31.4 cm³/mol. The third-order valence-corrected chi connectivity index (χ3v) is 1.37. The van der Waals surface area contributed by atoms with Crippen molar-refractivity contribution in [2.45, 2.75) is 6.42 Å². The van der Waals surface area contributed by atoms with Crippen molar-refractivity contribution >= 4 is 5.78 Å². The number of likely N-dealkylation sites (tertiary alicyclic amines) is 1. The van der Waals surface area contributed by atoms with Gasteiger partial charge in [0.2, 0.25) is 0 Å². The molecule has 0 radical (unpaired) electrons. The van der Waals surface area contributed by atoms with E-state index in [0.717, 1.165) is 13.1 Å². The summed E-state index contributed by atoms with van der Waals surface area (Å²) in [5, 5.41) is 0. The second-order valence-corrected chi connectivity index (χ2v) is 2.18. The second kappa shape index (κ2) is 2.18. The molecule has 0 aromatic carbocycles. The Morgan fingerprint density at radius 1 is 1.75 bits per heavy atom. The minimum atomic E-state index is 0.295. The summed E-state index contributed by atoms with van der Waals surface area (Å²) in [4.78, 5) is 12.7. The Kier molecular flexibility index (Phi) is 1.53. The molecule has 0 unspecified atom stereocenters. The number of carbonyl (C=O) groups is 1. The molecule has 1 aliphatic heterocycles. The summed E-state index contributed by atoms with van der Waals surface area (Å²) < 4.78 is 0. The van der Waals surface area contributed by atoms with Crippen LogP contribution in [0.1, 0.15) is 6.42 Å². The average Bonchev–Trinajstić information content (AvgIpc) is 1.77. The number of carbonyl (C=O) groups excluding carboxylic acids is 1. The molecule has 2 heteroatoms. The molecule has 0 aliphatic carbocycles. The van der Waals surface area contributed by atoms with Crippen LogP contribution in [0.25, 0.3) is 0 Å². The van der Waals surface area contributed by atoms with Crippen LogP contribution in [-0.2, 0) is 4.79 Å². The Morgan fingerprint density at radius 3 is 2.88 bits per heavy atom. The third kappa shape index (κ3) is 1.23. The maximum atomic E-state index is 10.5. The van der Waals surface area contributed by atoms with E-state index in [-0.39, 0.29) is 0 Å². The van der Waals surface area contributed by atoms with Crippen molar-refractivity contribution in [3.8, 4) is 0 Å². The zero-order chi connectivity index (χ0) is 5.98. The van der Waals surface area contributed by atoms with Gasteiger partial charge in [-0.15, -0.1) is 0 Å². The molecule has 0 atom stereocenters. The fourth-order valence-electron chi connectivity index (χ4n) is 0.752. The molecule has 0 saturated carbocycles. The van der Waals surface area contributed by atoms with Crippen LogP contribution >= 0.6 is 0 Å². The molecule has 0 aromatic heterocycles. The van der Waals surface area contributed by atoms with Crippen LogP contribution in [0.3, 0.4) is 0 Å². The van der Waals surface area contributed by atoms with Crippen LogP contribution in [0.5, 0.6) is 0 Å². The van der Waals surface area contributed by atoms with Gasteiger partial charge in [0.1, 0.15) is 6.54 Å². The minimum Gasteiger partial charge on any atom is -0.267 e. The van der Waals surface area contributed by atoms with Crippen molar-refractivity contribution in [1.82, 2.24) is 4.90 Å². The molecule has 44 valence electrons. The monoisotopic (exact) mass is 112 g/mol. The first-order valence-corrected chi connectivity index (χ1v) is 2.83. The Morgan fingerprint density at radius 2 is 2.50 bits per heavy atom. The highest BCUT2D eigenvalue weighted by atomic mass is 16.1. The van der Waals surface area contributed by atoms with Gasteiger partial charge in [0.25, 0.3) is 0 Å². The Bertz CT molecular complexity index is 90.7. The zero-order valence-electron chi connectivity index (χ0n) is 5.05. The number of hydrogen-bond donors (Lipinski definition) is 0. The summed E-state index contributed by atoms with van der Waals surface area (Å²) in [7, 11) is 2.02. The van der Waals surface area contributed by atoms with Crippen LogP contribution in [-0.4, -0.2) is 30.8 Å². The van der Waals surface area contributed by atoms with Crippen molar-refractivity contribution in [2.75, 3.05) is 20.1 Å². The summed E-state index contributed by atoms with van der Waals surface area (Å²) in [6, 6.07) is 0. The smallest absolute Gasteiger partial charge is 0.267 e. The lowest BCUT2D eigenvalue weighted by atomic mass is 10.1. The van der Waals surface area contributed by atoms with Crippen LogP contribution in [0.2, 0.25) is 0 Å². The molecule has 0 bridgehead atoms. The Hall–Kier alpha value is -0.500. The highest BCUT2D eigenvalue weighted by Crippen LogP contribution is 2.00. The van der Waals surface area contributed by atoms with Crippen LogP contribution in [0.15, 0.2) is 0 Å². The highest BCUT2D eigenvalue weighted by molar-refractivity contribution is 5.87. The van der Waals surface area contributed by atoms with E-state index in [1.807, 2.05) is 7.05 Å². The normalized spacial score (nSPS) is 22.9. The first kappa shape index (κ1) is 5.63. The predicted octanol–water partition coefficient (Wildman–Crippen LogP) is 0.0953. The van der Waals surface area contributed by atoms with Crippen molar-refractivity contribution in [2.24, 2.45) is 0 Å². The minimum absolute atomic E-state index is 0.295. The fourth-order valence-corrected chi connectivity index (χ4v) is 0.752. The topological polar surface area (TPSA) is 20.3 Å². The van der Waals surface area contributed by atoms with Gasteiger partial charge >= 0.3 is 5.78 Å². The van der Waals surface area contributed by atoms with E-state index in [1.54, 1.807) is 6.42 Å². The molecule has 0 spiro atoms. The SMILES string of the molecule is CN1C[CH+]C(=O)CC1. The standard InChI is InChI=1S/C6H10NO/c1-7-4-2-6(8)3-5-7/h2H,3-5H2,1H3/q+1. The van der Waals surface area contributed by atoms with E-state index in [9.17, 15) is 4.79 Å². The lowest BCUT2D eigenvalue weighted by Gasteiger charge is -2.12. The van der Waals surface area contributed by atoms with E-state index >= 15 is 0 Å². The van der Waals surface area contributed by atoms with Crippen molar-refractivity contribution in [3.05, 3.63) is 6.42 Å². The second-order valence-electron chi connectivity index (χ2n) is 2.18. The zero-order valence-corrected chi connectivity index (χ0v) is 5.05. The Labute approximate surface area is 49.5 Å². The fraction of sp³-hybridized carbons (Fsp3) is 0.667. The van der Waals surface area contributed by atoms with Gasteiger partial charge in [0.05, 0.1) is 6.42 Å². The van der Waals surface area contributed by atoms with Gasteiger partial charge in [-0.3, -0.25) is 4.90 Å². The number of Topliss-reactive ketones (excluding diaryl/α,β-unsaturated/α-hetero) is 1. The number of rotatable bonds is 0. The summed E-state index contributed by atoms with van der Waals surface area (Å²) in [6.45, 7) is 1.76. The van der Waals surface area contributed by atoms with Crippen LogP contribution in [0, 0.1) is 6.42 Å². The third-order valence-electron chi connectivity index (χ3n) is 1.37. The highest BCUT2D eigenvalue weighted by Gasteiger charge is 2.20. The van der Waals surface area contributed by atoms with E-state index in [2.05, 4.69) is 4.90 Å². The largest absolute Gasteiger partial charge is 0.308 e. The van der Waals surface area contributed by atoms with Gasteiger partial charge in [-0.2, -0.15) is 0 Å². The maximum absolute atomic E-state index is 10.5. The van der Waals surface area contributed by atoms with E-state index < -0.39 is 0 Å². The molecule has 1 aliphatic rings. The van der Waals surface area contributed by atoms with Gasteiger partial charge in [0, 0.05) is 6.54 Å². The summed E-state index contributed by atoms with van der Waals surface area (Å²) in [5.41, 5.74) is 0. The number of piperidine rings is 1. The molecule has 8 heavy (non-hydrogen) atoms. The van der Waals surface area contributed by atoms with Gasteiger partial charge in [-0.25, -0.2) is 4.79 Å². The number of ketones is 1. The van der Waals surface area contributed by atoms with E-state index in [0.29, 0.717) is 12.2 Å². The Balaban J connectivity index is 2.29. The van der Waals surface area contributed by atoms with Crippen LogP contribution < -0.4 is 0 Å². The summed E-state index contributed by atoms with van der Waals surface area (Å²) in [6.07, 6.45) is 2.44. The molecule has 1 rings (SSSR count). The molecular weight excluding hydrogens is 102 g/mol. The van der Waals surface area contributed by atoms with Gasteiger partial charge in [-0.05, 0) is 7.05 Å². The van der Waals surface area contributed by atoms with E-state index in [4.69, 9.17) is 0 Å².